The summed E-state index contributed by atoms with van der Waals surface area (Å²) >= 11 is 1.72. The zero-order valence-corrected chi connectivity index (χ0v) is 15.3. The predicted octanol–water partition coefficient (Wildman–Crippen LogP) is 3.59. The van der Waals surface area contributed by atoms with Crippen LogP contribution >= 0.6 is 11.8 Å². The number of imidazole rings is 1. The number of carbonyl (C=O) groups excluding carboxylic acids is 1. The molecular formula is C19H24FN3OS. The molecule has 1 fully saturated rings. The van der Waals surface area contributed by atoms with Crippen molar-refractivity contribution in [2.24, 2.45) is 7.05 Å². The number of hydrogen-bond acceptors (Lipinski definition) is 3. The van der Waals surface area contributed by atoms with E-state index in [9.17, 15) is 9.18 Å². The topological polar surface area (TPSA) is 38.1 Å². The van der Waals surface area contributed by atoms with E-state index < -0.39 is 0 Å². The molecule has 1 aromatic heterocycles. The van der Waals surface area contributed by atoms with Gasteiger partial charge < -0.3 is 9.47 Å². The Bertz CT molecular complexity index is 701. The largest absolute Gasteiger partial charge is 0.342 e. The third-order valence-corrected chi connectivity index (χ3v) is 5.67. The summed E-state index contributed by atoms with van der Waals surface area (Å²) in [7, 11) is 2.01. The van der Waals surface area contributed by atoms with Crippen LogP contribution in [0.2, 0.25) is 0 Å². The van der Waals surface area contributed by atoms with Gasteiger partial charge in [0.1, 0.15) is 11.6 Å². The van der Waals surface area contributed by atoms with Gasteiger partial charge in [-0.05, 0) is 30.5 Å². The third-order valence-electron chi connectivity index (χ3n) is 4.64. The average molecular weight is 361 g/mol. The molecule has 4 nitrogen and oxygen atoms in total. The molecule has 1 aliphatic rings. The van der Waals surface area contributed by atoms with Gasteiger partial charge in [0.15, 0.2) is 0 Å². The Morgan fingerprint density at radius 1 is 1.36 bits per heavy atom. The van der Waals surface area contributed by atoms with E-state index >= 15 is 0 Å². The first-order valence-corrected chi connectivity index (χ1v) is 9.86. The van der Waals surface area contributed by atoms with Crippen molar-refractivity contribution in [2.75, 3.05) is 18.8 Å². The summed E-state index contributed by atoms with van der Waals surface area (Å²) < 4.78 is 14.9. The van der Waals surface area contributed by atoms with Crippen molar-refractivity contribution in [1.29, 1.82) is 0 Å². The standard InChI is InChI=1S/C19H24FN3OS/c1-22-11-9-21-19(22)16-3-2-10-23(13-16)18(24)8-12-25-14-15-4-6-17(20)7-5-15/h4-7,9,11,16H,2-3,8,10,12-14H2,1H3/t16-/m0/s1. The summed E-state index contributed by atoms with van der Waals surface area (Å²) in [5, 5.41) is 0. The minimum atomic E-state index is -0.212. The van der Waals surface area contributed by atoms with Gasteiger partial charge in [-0.2, -0.15) is 11.8 Å². The minimum Gasteiger partial charge on any atom is -0.342 e. The van der Waals surface area contributed by atoms with Gasteiger partial charge in [-0.3, -0.25) is 4.79 Å². The van der Waals surface area contributed by atoms with Crippen molar-refractivity contribution < 1.29 is 9.18 Å². The fraction of sp³-hybridized carbons (Fsp3) is 0.474. The van der Waals surface area contributed by atoms with Crippen molar-refractivity contribution in [1.82, 2.24) is 14.5 Å². The zero-order chi connectivity index (χ0) is 17.6. The Balaban J connectivity index is 1.43. The first kappa shape index (κ1) is 18.0. The second-order valence-corrected chi connectivity index (χ2v) is 7.61. The van der Waals surface area contributed by atoms with Crippen LogP contribution in [0.5, 0.6) is 0 Å². The van der Waals surface area contributed by atoms with Crippen LogP contribution < -0.4 is 0 Å². The van der Waals surface area contributed by atoms with E-state index in [1.54, 1.807) is 23.9 Å². The summed E-state index contributed by atoms with van der Waals surface area (Å²) in [4.78, 5) is 18.9. The fourth-order valence-electron chi connectivity index (χ4n) is 3.27. The normalized spacial score (nSPS) is 17.7. The first-order valence-electron chi connectivity index (χ1n) is 8.70. The number of aromatic nitrogens is 2. The van der Waals surface area contributed by atoms with E-state index in [0.29, 0.717) is 12.3 Å². The average Bonchev–Trinajstić information content (AvgIpc) is 3.06. The molecule has 6 heteroatoms. The minimum absolute atomic E-state index is 0.212. The van der Waals surface area contributed by atoms with E-state index in [-0.39, 0.29) is 11.7 Å². The Labute approximate surface area is 152 Å². The van der Waals surface area contributed by atoms with Gasteiger partial charge in [0.2, 0.25) is 5.91 Å². The van der Waals surface area contributed by atoms with Gasteiger partial charge in [-0.1, -0.05) is 12.1 Å². The molecule has 1 saturated heterocycles. The van der Waals surface area contributed by atoms with Crippen molar-refractivity contribution >= 4 is 17.7 Å². The Morgan fingerprint density at radius 2 is 2.16 bits per heavy atom. The van der Waals surface area contributed by atoms with E-state index in [1.807, 2.05) is 24.3 Å². The smallest absolute Gasteiger partial charge is 0.223 e. The fourth-order valence-corrected chi connectivity index (χ4v) is 4.16. The summed E-state index contributed by atoms with van der Waals surface area (Å²) in [6.45, 7) is 1.62. The third kappa shape index (κ3) is 4.84. The van der Waals surface area contributed by atoms with E-state index in [1.165, 1.54) is 12.1 Å². The summed E-state index contributed by atoms with van der Waals surface area (Å²) in [5.74, 6) is 3.03. The highest BCUT2D eigenvalue weighted by Crippen LogP contribution is 2.26. The molecule has 0 N–H and O–H groups in total. The van der Waals surface area contributed by atoms with Crippen molar-refractivity contribution in [2.45, 2.75) is 30.9 Å². The van der Waals surface area contributed by atoms with Crippen LogP contribution in [0.25, 0.3) is 0 Å². The Kier molecular flexibility index (Phi) is 6.13. The first-order chi connectivity index (χ1) is 12.1. The number of rotatable bonds is 6. The highest BCUT2D eigenvalue weighted by atomic mass is 32.2. The second-order valence-electron chi connectivity index (χ2n) is 6.50. The molecule has 1 amide bonds. The summed E-state index contributed by atoms with van der Waals surface area (Å²) in [6, 6.07) is 6.55. The van der Waals surface area contributed by atoms with Gasteiger partial charge in [0, 0.05) is 56.4 Å². The number of nitrogens with zero attached hydrogens (tertiary/aromatic N) is 3. The number of benzene rings is 1. The number of piperidine rings is 1. The monoisotopic (exact) mass is 361 g/mol. The van der Waals surface area contributed by atoms with Crippen LogP contribution in [0, 0.1) is 5.82 Å². The number of hydrogen-bond donors (Lipinski definition) is 0. The maximum atomic E-state index is 12.9. The Morgan fingerprint density at radius 3 is 2.88 bits per heavy atom. The maximum absolute atomic E-state index is 12.9. The quantitative estimate of drug-likeness (QED) is 0.738. The molecule has 2 heterocycles. The predicted molar refractivity (Wildman–Crippen MR) is 98.9 cm³/mol. The molecule has 0 aliphatic carbocycles. The second kappa shape index (κ2) is 8.52. The van der Waals surface area contributed by atoms with Crippen molar-refractivity contribution in [3.05, 3.63) is 53.9 Å². The summed E-state index contributed by atoms with van der Waals surface area (Å²) in [6.07, 6.45) is 6.46. The van der Waals surface area contributed by atoms with E-state index in [0.717, 1.165) is 48.8 Å². The van der Waals surface area contributed by atoms with Crippen LogP contribution in [0.1, 0.15) is 36.6 Å². The molecule has 1 aromatic carbocycles. The molecule has 0 radical (unpaired) electrons. The van der Waals surface area contributed by atoms with Gasteiger partial charge in [0.25, 0.3) is 0 Å². The molecule has 0 saturated carbocycles. The van der Waals surface area contributed by atoms with Gasteiger partial charge in [-0.15, -0.1) is 0 Å². The number of amides is 1. The van der Waals surface area contributed by atoms with Gasteiger partial charge >= 0.3 is 0 Å². The number of aryl methyl sites for hydroxylation is 1. The highest BCUT2D eigenvalue weighted by Gasteiger charge is 2.26. The van der Waals surface area contributed by atoms with E-state index in [2.05, 4.69) is 9.55 Å². The Hall–Kier alpha value is -1.82. The zero-order valence-electron chi connectivity index (χ0n) is 14.5. The molecular weight excluding hydrogens is 337 g/mol. The lowest BCUT2D eigenvalue weighted by atomic mass is 9.97. The lowest BCUT2D eigenvalue weighted by molar-refractivity contribution is -0.132. The van der Waals surface area contributed by atoms with Crippen LogP contribution in [0.3, 0.4) is 0 Å². The molecule has 2 aromatic rings. The number of thioether (sulfide) groups is 1. The summed E-state index contributed by atoms with van der Waals surface area (Å²) in [5.41, 5.74) is 1.09. The van der Waals surface area contributed by atoms with Gasteiger partial charge in [0.05, 0.1) is 0 Å². The molecule has 0 spiro atoms. The number of likely N-dealkylation sites (tertiary alicyclic amines) is 1. The van der Waals surface area contributed by atoms with Crippen LogP contribution in [0.15, 0.2) is 36.7 Å². The lowest BCUT2D eigenvalue weighted by Crippen LogP contribution is -2.39. The molecule has 134 valence electrons. The SMILES string of the molecule is Cn1ccnc1[C@H]1CCCN(C(=O)CCSCc2ccc(F)cc2)C1. The van der Waals surface area contributed by atoms with E-state index in [4.69, 9.17) is 0 Å². The number of halogens is 1. The van der Waals surface area contributed by atoms with Crippen molar-refractivity contribution in [3.63, 3.8) is 0 Å². The van der Waals surface area contributed by atoms with Crippen molar-refractivity contribution in [3.8, 4) is 0 Å². The van der Waals surface area contributed by atoms with Gasteiger partial charge in [-0.25, -0.2) is 9.37 Å². The molecule has 1 aliphatic heterocycles. The van der Waals surface area contributed by atoms with Crippen LogP contribution in [-0.2, 0) is 17.6 Å². The maximum Gasteiger partial charge on any atom is 0.223 e. The molecule has 0 bridgehead atoms. The molecule has 1 atom stereocenters. The van der Waals surface area contributed by atoms with Crippen LogP contribution in [0.4, 0.5) is 4.39 Å². The molecule has 0 unspecified atom stereocenters. The lowest BCUT2D eigenvalue weighted by Gasteiger charge is -2.32. The van der Waals surface area contributed by atoms with Crippen LogP contribution in [-0.4, -0.2) is 39.2 Å². The highest BCUT2D eigenvalue weighted by molar-refractivity contribution is 7.98. The molecule has 25 heavy (non-hydrogen) atoms. The molecule has 3 rings (SSSR count). The number of carbonyl (C=O) groups is 1.